The molecule has 9 heteroatoms. The van der Waals surface area contributed by atoms with E-state index in [1.165, 1.54) is 9.47 Å². The zero-order valence-electron chi connectivity index (χ0n) is 19.7. The summed E-state index contributed by atoms with van der Waals surface area (Å²) < 4.78 is 7.06. The topological polar surface area (TPSA) is 127 Å². The molecule has 0 aliphatic heterocycles. The average Bonchev–Trinajstić information content (AvgIpc) is 3.33. The Kier molecular flexibility index (Phi) is 6.96. The second-order valence-electron chi connectivity index (χ2n) is 8.19. The number of anilines is 2. The summed E-state index contributed by atoms with van der Waals surface area (Å²) in [6.07, 6.45) is 1.94. The first-order valence-electron chi connectivity index (χ1n) is 11.4. The van der Waals surface area contributed by atoms with Crippen molar-refractivity contribution in [3.05, 3.63) is 98.6 Å². The van der Waals surface area contributed by atoms with Crippen LogP contribution in [-0.4, -0.2) is 27.0 Å². The minimum Gasteiger partial charge on any atom is -0.441 e. The molecule has 2 aromatic carbocycles. The van der Waals surface area contributed by atoms with Crippen LogP contribution in [0.1, 0.15) is 30.4 Å². The lowest BCUT2D eigenvalue weighted by Crippen LogP contribution is -2.41. The van der Waals surface area contributed by atoms with Crippen molar-refractivity contribution in [1.82, 2.24) is 14.5 Å². The maximum absolute atomic E-state index is 13.1. The van der Waals surface area contributed by atoms with E-state index in [1.54, 1.807) is 13.1 Å². The van der Waals surface area contributed by atoms with Crippen molar-refractivity contribution < 1.29 is 9.21 Å². The Bertz CT molecular complexity index is 1440. The molecule has 4 rings (SSSR count). The van der Waals surface area contributed by atoms with Gasteiger partial charge in [-0.2, -0.15) is 0 Å². The summed E-state index contributed by atoms with van der Waals surface area (Å²) in [4.78, 5) is 46.0. The molecule has 9 nitrogen and oxygen atoms in total. The van der Waals surface area contributed by atoms with Crippen molar-refractivity contribution in [2.45, 2.75) is 33.2 Å². The standard InChI is InChI=1S/C26H27N5O4/c1-3-30(22(32)14-13-21-28-15-20(35-21)19-11-9-17(2)10-12-19)23-24(27)31(26(34)29-25(23)33)16-18-7-5-4-6-8-18/h4-12,15H,3,13-14,16,27H2,1-2H3,(H,29,33,34). The van der Waals surface area contributed by atoms with E-state index in [-0.39, 0.29) is 43.3 Å². The highest BCUT2D eigenvalue weighted by Crippen LogP contribution is 2.22. The van der Waals surface area contributed by atoms with Gasteiger partial charge in [-0.3, -0.25) is 19.1 Å². The van der Waals surface area contributed by atoms with Gasteiger partial charge < -0.3 is 15.1 Å². The summed E-state index contributed by atoms with van der Waals surface area (Å²) in [6.45, 7) is 4.12. The number of oxazole rings is 1. The molecule has 35 heavy (non-hydrogen) atoms. The van der Waals surface area contributed by atoms with Gasteiger partial charge in [-0.15, -0.1) is 0 Å². The molecule has 1 amide bonds. The number of nitrogen functional groups attached to an aromatic ring is 1. The normalized spacial score (nSPS) is 10.9. The van der Waals surface area contributed by atoms with E-state index in [4.69, 9.17) is 10.2 Å². The third kappa shape index (κ3) is 5.24. The third-order valence-corrected chi connectivity index (χ3v) is 5.73. The highest BCUT2D eigenvalue weighted by molar-refractivity contribution is 5.95. The van der Waals surface area contributed by atoms with Crippen LogP contribution in [0.3, 0.4) is 0 Å². The van der Waals surface area contributed by atoms with E-state index in [9.17, 15) is 14.4 Å². The molecule has 0 unspecified atom stereocenters. The van der Waals surface area contributed by atoms with Crippen LogP contribution in [0.25, 0.3) is 11.3 Å². The quantitative estimate of drug-likeness (QED) is 0.405. The molecule has 0 saturated carbocycles. The second kappa shape index (κ2) is 10.3. The zero-order chi connectivity index (χ0) is 24.9. The fourth-order valence-corrected chi connectivity index (χ4v) is 3.85. The summed E-state index contributed by atoms with van der Waals surface area (Å²) in [5, 5.41) is 0. The molecule has 2 aromatic heterocycles. The zero-order valence-corrected chi connectivity index (χ0v) is 19.7. The van der Waals surface area contributed by atoms with E-state index >= 15 is 0 Å². The van der Waals surface area contributed by atoms with E-state index in [2.05, 4.69) is 9.97 Å². The van der Waals surface area contributed by atoms with Gasteiger partial charge in [0.1, 0.15) is 5.82 Å². The van der Waals surface area contributed by atoms with Gasteiger partial charge in [0.25, 0.3) is 5.56 Å². The molecule has 0 fully saturated rings. The van der Waals surface area contributed by atoms with Crippen molar-refractivity contribution in [3.63, 3.8) is 0 Å². The molecule has 4 aromatic rings. The number of carbonyl (C=O) groups is 1. The second-order valence-corrected chi connectivity index (χ2v) is 8.19. The molecule has 0 aliphatic rings. The Hall–Kier alpha value is -4.40. The molecule has 0 bridgehead atoms. The monoisotopic (exact) mass is 473 g/mol. The van der Waals surface area contributed by atoms with Gasteiger partial charge in [0.15, 0.2) is 17.3 Å². The lowest BCUT2D eigenvalue weighted by molar-refractivity contribution is -0.118. The predicted molar refractivity (Wildman–Crippen MR) is 134 cm³/mol. The summed E-state index contributed by atoms with van der Waals surface area (Å²) >= 11 is 0. The van der Waals surface area contributed by atoms with Crippen LogP contribution >= 0.6 is 0 Å². The first-order chi connectivity index (χ1) is 16.9. The Morgan fingerprint density at radius 1 is 1.11 bits per heavy atom. The number of nitrogens with one attached hydrogen (secondary N) is 1. The van der Waals surface area contributed by atoms with Crippen LogP contribution in [0.4, 0.5) is 11.5 Å². The van der Waals surface area contributed by atoms with E-state index in [1.807, 2.05) is 61.5 Å². The van der Waals surface area contributed by atoms with E-state index in [0.29, 0.717) is 11.7 Å². The van der Waals surface area contributed by atoms with Crippen molar-refractivity contribution in [1.29, 1.82) is 0 Å². The molecule has 2 heterocycles. The SMILES string of the molecule is CCN(C(=O)CCc1ncc(-c2ccc(C)cc2)o1)c1c(N)n(Cc2ccccc2)c(=O)[nH]c1=O. The van der Waals surface area contributed by atoms with Crippen LogP contribution < -0.4 is 21.9 Å². The van der Waals surface area contributed by atoms with Gasteiger partial charge in [0.2, 0.25) is 5.91 Å². The number of carbonyl (C=O) groups excluding carboxylic acids is 1. The first kappa shape index (κ1) is 23.7. The number of aromatic nitrogens is 3. The van der Waals surface area contributed by atoms with Gasteiger partial charge in [-0.1, -0.05) is 60.2 Å². The fraction of sp³-hybridized carbons (Fsp3) is 0.231. The number of amides is 1. The molecule has 180 valence electrons. The number of hydrogen-bond donors (Lipinski definition) is 2. The van der Waals surface area contributed by atoms with Crippen LogP contribution in [0.15, 0.2) is 74.8 Å². The molecular weight excluding hydrogens is 446 g/mol. The Balaban J connectivity index is 1.53. The van der Waals surface area contributed by atoms with Gasteiger partial charge in [-0.25, -0.2) is 9.78 Å². The maximum Gasteiger partial charge on any atom is 0.330 e. The molecule has 0 radical (unpaired) electrons. The lowest BCUT2D eigenvalue weighted by Gasteiger charge is -2.23. The third-order valence-electron chi connectivity index (χ3n) is 5.73. The smallest absolute Gasteiger partial charge is 0.330 e. The highest BCUT2D eigenvalue weighted by Gasteiger charge is 2.23. The van der Waals surface area contributed by atoms with E-state index in [0.717, 1.165) is 16.7 Å². The maximum atomic E-state index is 13.1. The molecular formula is C26H27N5O4. The highest BCUT2D eigenvalue weighted by atomic mass is 16.4. The number of H-pyrrole nitrogens is 1. The number of rotatable bonds is 8. The largest absolute Gasteiger partial charge is 0.441 e. The number of aromatic amines is 1. The van der Waals surface area contributed by atoms with Gasteiger partial charge >= 0.3 is 5.69 Å². The van der Waals surface area contributed by atoms with Crippen molar-refractivity contribution >= 4 is 17.4 Å². The first-order valence-corrected chi connectivity index (χ1v) is 11.4. The number of aryl methyl sites for hydroxylation is 2. The number of nitrogens with zero attached hydrogens (tertiary/aromatic N) is 3. The van der Waals surface area contributed by atoms with E-state index < -0.39 is 11.2 Å². The molecule has 0 spiro atoms. The van der Waals surface area contributed by atoms with Crippen LogP contribution in [-0.2, 0) is 17.8 Å². The number of hydrogen-bond acceptors (Lipinski definition) is 6. The summed E-state index contributed by atoms with van der Waals surface area (Å²) in [5.74, 6) is 0.648. The van der Waals surface area contributed by atoms with Crippen LogP contribution in [0.5, 0.6) is 0 Å². The summed E-state index contributed by atoms with van der Waals surface area (Å²) in [5.41, 5.74) is 7.75. The Morgan fingerprint density at radius 2 is 1.83 bits per heavy atom. The lowest BCUT2D eigenvalue weighted by atomic mass is 10.1. The predicted octanol–water partition coefficient (Wildman–Crippen LogP) is 3.12. The van der Waals surface area contributed by atoms with Gasteiger partial charge in [0, 0.05) is 24.9 Å². The van der Waals surface area contributed by atoms with Crippen molar-refractivity contribution in [3.8, 4) is 11.3 Å². The van der Waals surface area contributed by atoms with Gasteiger partial charge in [-0.05, 0) is 19.4 Å². The molecule has 3 N–H and O–H groups in total. The molecule has 0 atom stereocenters. The van der Waals surface area contributed by atoms with Gasteiger partial charge in [0.05, 0.1) is 12.7 Å². The average molecular weight is 474 g/mol. The fourth-order valence-electron chi connectivity index (χ4n) is 3.85. The van der Waals surface area contributed by atoms with Crippen molar-refractivity contribution in [2.75, 3.05) is 17.2 Å². The number of nitrogens with two attached hydrogens (primary N) is 1. The molecule has 0 aliphatic carbocycles. The Morgan fingerprint density at radius 3 is 2.51 bits per heavy atom. The summed E-state index contributed by atoms with van der Waals surface area (Å²) in [6, 6.07) is 17.1. The summed E-state index contributed by atoms with van der Waals surface area (Å²) in [7, 11) is 0. The Labute approximate surface area is 201 Å². The minimum atomic E-state index is -0.704. The van der Waals surface area contributed by atoms with Crippen molar-refractivity contribution in [2.24, 2.45) is 0 Å². The van der Waals surface area contributed by atoms with Crippen LogP contribution in [0, 0.1) is 6.92 Å². The number of benzene rings is 2. The minimum absolute atomic E-state index is 0.0409. The van der Waals surface area contributed by atoms with Crippen LogP contribution in [0.2, 0.25) is 0 Å². The molecule has 0 saturated heterocycles.